The van der Waals surface area contributed by atoms with Crippen LogP contribution in [-0.4, -0.2) is 23.8 Å². The van der Waals surface area contributed by atoms with Gasteiger partial charge in [-0.15, -0.1) is 0 Å². The van der Waals surface area contributed by atoms with Gasteiger partial charge in [0.25, 0.3) is 0 Å². The summed E-state index contributed by atoms with van der Waals surface area (Å²) in [6, 6.07) is 1.97. The van der Waals surface area contributed by atoms with Gasteiger partial charge in [-0.2, -0.15) is 13.2 Å². The Labute approximate surface area is 90.5 Å². The first-order valence-corrected chi connectivity index (χ1v) is 4.63. The van der Waals surface area contributed by atoms with E-state index in [0.717, 1.165) is 12.1 Å². The van der Waals surface area contributed by atoms with Crippen LogP contribution in [0.2, 0.25) is 0 Å². The second-order valence-corrected chi connectivity index (χ2v) is 3.36. The van der Waals surface area contributed by atoms with E-state index in [4.69, 9.17) is 5.11 Å². The van der Waals surface area contributed by atoms with E-state index in [9.17, 15) is 18.3 Å². The average molecular weight is 235 g/mol. The van der Waals surface area contributed by atoms with Crippen molar-refractivity contribution in [1.29, 1.82) is 0 Å². The van der Waals surface area contributed by atoms with Gasteiger partial charge in [-0.3, -0.25) is 0 Å². The molecule has 0 heterocycles. The molecule has 0 fully saturated rings. The zero-order valence-corrected chi connectivity index (χ0v) is 8.60. The summed E-state index contributed by atoms with van der Waals surface area (Å²) in [6.07, 6.45) is -4.33. The van der Waals surface area contributed by atoms with Crippen LogP contribution < -0.4 is 5.32 Å². The molecule has 0 saturated heterocycles. The number of phenolic OH excluding ortho intramolecular Hbond substituents is 2. The minimum atomic E-state index is -4.67. The molecule has 1 aromatic carbocycles. The van der Waals surface area contributed by atoms with Gasteiger partial charge in [0.1, 0.15) is 5.56 Å². The first-order valence-electron chi connectivity index (χ1n) is 4.63. The molecule has 0 saturated carbocycles. The number of phenols is 2. The van der Waals surface area contributed by atoms with E-state index in [0.29, 0.717) is 18.5 Å². The van der Waals surface area contributed by atoms with E-state index in [2.05, 4.69) is 5.32 Å². The minimum Gasteiger partial charge on any atom is -0.504 e. The molecular formula is C10H12F3NO2. The number of halogens is 3. The highest BCUT2D eigenvalue weighted by Gasteiger charge is 2.35. The van der Waals surface area contributed by atoms with E-state index in [-0.39, 0.29) is 0 Å². The predicted molar refractivity (Wildman–Crippen MR) is 52.4 cm³/mol. The summed E-state index contributed by atoms with van der Waals surface area (Å²) in [5.41, 5.74) is -0.893. The van der Waals surface area contributed by atoms with Gasteiger partial charge in [-0.1, -0.05) is 0 Å². The van der Waals surface area contributed by atoms with E-state index in [1.165, 1.54) is 0 Å². The van der Waals surface area contributed by atoms with Crippen LogP contribution >= 0.6 is 0 Å². The molecular weight excluding hydrogens is 223 g/mol. The van der Waals surface area contributed by atoms with Gasteiger partial charge in [0.2, 0.25) is 0 Å². The molecule has 1 aromatic rings. The molecule has 0 aliphatic rings. The van der Waals surface area contributed by atoms with E-state index < -0.39 is 23.2 Å². The summed E-state index contributed by atoms with van der Waals surface area (Å²) in [6.45, 7) is 0.488. The lowest BCUT2D eigenvalue weighted by Gasteiger charge is -2.12. The first-order chi connectivity index (χ1) is 7.36. The number of alkyl halides is 3. The number of rotatable bonds is 3. The molecule has 0 amide bonds. The molecule has 90 valence electrons. The Balaban J connectivity index is 3.12. The summed E-state index contributed by atoms with van der Waals surface area (Å²) in [4.78, 5) is 0. The fraction of sp³-hybridized carbons (Fsp3) is 0.400. The van der Waals surface area contributed by atoms with Crippen LogP contribution in [0.4, 0.5) is 13.2 Å². The molecule has 16 heavy (non-hydrogen) atoms. The molecule has 0 aliphatic heterocycles. The van der Waals surface area contributed by atoms with Crippen LogP contribution in [0, 0.1) is 0 Å². The highest BCUT2D eigenvalue weighted by molar-refractivity contribution is 5.49. The van der Waals surface area contributed by atoms with Gasteiger partial charge in [0.15, 0.2) is 11.5 Å². The zero-order valence-electron chi connectivity index (χ0n) is 8.60. The Morgan fingerprint density at radius 3 is 2.38 bits per heavy atom. The summed E-state index contributed by atoms with van der Waals surface area (Å²) >= 11 is 0. The van der Waals surface area contributed by atoms with Gasteiger partial charge >= 0.3 is 6.18 Å². The van der Waals surface area contributed by atoms with E-state index in [1.807, 2.05) is 0 Å². The lowest BCUT2D eigenvalue weighted by molar-refractivity contribution is -0.139. The van der Waals surface area contributed by atoms with Crippen LogP contribution in [0.15, 0.2) is 12.1 Å². The maximum absolute atomic E-state index is 12.4. The van der Waals surface area contributed by atoms with Crippen LogP contribution in [0.1, 0.15) is 11.1 Å². The van der Waals surface area contributed by atoms with Crippen LogP contribution in [0.5, 0.6) is 11.5 Å². The third kappa shape index (κ3) is 2.79. The van der Waals surface area contributed by atoms with E-state index in [1.54, 1.807) is 7.05 Å². The van der Waals surface area contributed by atoms with E-state index >= 15 is 0 Å². The molecule has 6 heteroatoms. The van der Waals surface area contributed by atoms with Crippen LogP contribution in [-0.2, 0) is 12.6 Å². The van der Waals surface area contributed by atoms with Crippen LogP contribution in [0.3, 0.4) is 0 Å². The van der Waals surface area contributed by atoms with Gasteiger partial charge in [-0.05, 0) is 37.7 Å². The summed E-state index contributed by atoms with van der Waals surface area (Å²) in [5.74, 6) is -1.87. The standard InChI is InChI=1S/C10H12F3NO2/c1-14-3-2-6-4-7(10(11,12)13)9(16)8(15)5-6/h4-5,14-16H,2-3H2,1H3. The van der Waals surface area contributed by atoms with Crippen molar-refractivity contribution in [3.05, 3.63) is 23.3 Å². The second-order valence-electron chi connectivity index (χ2n) is 3.36. The summed E-state index contributed by atoms with van der Waals surface area (Å²) < 4.78 is 37.3. The fourth-order valence-corrected chi connectivity index (χ4v) is 1.31. The highest BCUT2D eigenvalue weighted by atomic mass is 19.4. The lowest BCUT2D eigenvalue weighted by Crippen LogP contribution is -2.11. The number of likely N-dealkylation sites (N-methyl/N-ethyl adjacent to an activating group) is 1. The largest absolute Gasteiger partial charge is 0.504 e. The monoisotopic (exact) mass is 235 g/mol. The number of hydrogen-bond acceptors (Lipinski definition) is 3. The van der Waals surface area contributed by atoms with Crippen molar-refractivity contribution in [3.8, 4) is 11.5 Å². The summed E-state index contributed by atoms with van der Waals surface area (Å²) in [5, 5.41) is 21.1. The maximum Gasteiger partial charge on any atom is 0.420 e. The number of hydrogen-bond donors (Lipinski definition) is 3. The van der Waals surface area contributed by atoms with Gasteiger partial charge in [0.05, 0.1) is 0 Å². The second kappa shape index (κ2) is 4.61. The van der Waals surface area contributed by atoms with Crippen molar-refractivity contribution < 1.29 is 23.4 Å². The summed E-state index contributed by atoms with van der Waals surface area (Å²) in [7, 11) is 1.67. The van der Waals surface area contributed by atoms with Crippen molar-refractivity contribution in [1.82, 2.24) is 5.32 Å². The molecule has 3 nitrogen and oxygen atoms in total. The Hall–Kier alpha value is -1.43. The van der Waals surface area contributed by atoms with Crippen molar-refractivity contribution in [3.63, 3.8) is 0 Å². The predicted octanol–water partition coefficient (Wildman–Crippen LogP) is 1.88. The maximum atomic E-state index is 12.4. The number of nitrogens with one attached hydrogen (secondary N) is 1. The Morgan fingerprint density at radius 2 is 1.88 bits per heavy atom. The third-order valence-corrected chi connectivity index (χ3v) is 2.12. The molecule has 0 unspecified atom stereocenters. The average Bonchev–Trinajstić information content (AvgIpc) is 2.17. The Bertz CT molecular complexity index is 377. The topological polar surface area (TPSA) is 52.5 Å². The molecule has 0 aromatic heterocycles. The molecule has 0 spiro atoms. The minimum absolute atomic E-state index is 0.317. The normalized spacial score (nSPS) is 11.8. The third-order valence-electron chi connectivity index (χ3n) is 2.12. The highest BCUT2D eigenvalue weighted by Crippen LogP contribution is 2.41. The van der Waals surface area contributed by atoms with Crippen molar-refractivity contribution >= 4 is 0 Å². The first kappa shape index (κ1) is 12.6. The Morgan fingerprint density at radius 1 is 1.25 bits per heavy atom. The molecule has 1 rings (SSSR count). The molecule has 3 N–H and O–H groups in total. The molecule has 0 aliphatic carbocycles. The zero-order chi connectivity index (χ0) is 12.3. The van der Waals surface area contributed by atoms with Crippen molar-refractivity contribution in [2.75, 3.05) is 13.6 Å². The quantitative estimate of drug-likeness (QED) is 0.701. The fourth-order valence-electron chi connectivity index (χ4n) is 1.31. The van der Waals surface area contributed by atoms with Gasteiger partial charge in [0, 0.05) is 0 Å². The smallest absolute Gasteiger partial charge is 0.420 e. The van der Waals surface area contributed by atoms with Gasteiger partial charge < -0.3 is 15.5 Å². The van der Waals surface area contributed by atoms with Gasteiger partial charge in [-0.25, -0.2) is 0 Å². The lowest BCUT2D eigenvalue weighted by atomic mass is 10.1. The molecule has 0 radical (unpaired) electrons. The van der Waals surface area contributed by atoms with Crippen LogP contribution in [0.25, 0.3) is 0 Å². The number of aromatic hydroxyl groups is 2. The Kier molecular flexibility index (Phi) is 3.64. The van der Waals surface area contributed by atoms with Crippen molar-refractivity contribution in [2.45, 2.75) is 12.6 Å². The SMILES string of the molecule is CNCCc1cc(O)c(O)c(C(F)(F)F)c1. The molecule has 0 atom stereocenters. The van der Waals surface area contributed by atoms with Crippen molar-refractivity contribution in [2.24, 2.45) is 0 Å². The number of benzene rings is 1. The molecule has 0 bridgehead atoms.